The Labute approximate surface area is 178 Å². The molecule has 0 spiro atoms. The first kappa shape index (κ1) is 21.5. The number of tetrazole rings is 2. The lowest BCUT2D eigenvalue weighted by Crippen LogP contribution is -2.19. The molecular formula is C16H25N11S2. The van der Waals surface area contributed by atoms with Crippen molar-refractivity contribution in [1.82, 2.24) is 50.2 Å². The molecule has 29 heavy (non-hydrogen) atoms. The van der Waals surface area contributed by atoms with Crippen LogP contribution in [0.3, 0.4) is 0 Å². The van der Waals surface area contributed by atoms with E-state index in [1.165, 1.54) is 23.5 Å². The molecule has 3 rings (SSSR count). The molecule has 13 heteroatoms. The molecular weight excluding hydrogens is 410 g/mol. The molecule has 0 radical (unpaired) electrons. The van der Waals surface area contributed by atoms with Crippen molar-refractivity contribution < 1.29 is 0 Å². The molecule has 11 nitrogen and oxygen atoms in total. The monoisotopic (exact) mass is 435 g/mol. The van der Waals surface area contributed by atoms with E-state index in [1.807, 2.05) is 46.4 Å². The lowest BCUT2D eigenvalue weighted by atomic mass is 10.3. The number of likely N-dealkylation sites (N-methyl/N-ethyl adjacent to an activating group) is 2. The Morgan fingerprint density at radius 1 is 0.828 bits per heavy atom. The standard InChI is InChI=1S/C16H25N11S2/c1-24(2)8-10-26-15(18-20-22-26)28-12-6-5-7-13(14(12)17)29-16-19-21-23-27(16)11-9-25(3)4/h5-7H,8-11,17H2,1-4H3. The molecule has 0 fully saturated rings. The van der Waals surface area contributed by atoms with Gasteiger partial charge in [0.1, 0.15) is 0 Å². The summed E-state index contributed by atoms with van der Waals surface area (Å²) >= 11 is 2.90. The molecule has 156 valence electrons. The third-order valence-corrected chi connectivity index (χ3v) is 6.05. The second kappa shape index (κ2) is 10.0. The highest BCUT2D eigenvalue weighted by Gasteiger charge is 2.15. The summed E-state index contributed by atoms with van der Waals surface area (Å²) in [5, 5.41) is 25.4. The lowest BCUT2D eigenvalue weighted by molar-refractivity contribution is 0.361. The van der Waals surface area contributed by atoms with Crippen LogP contribution in [0, 0.1) is 0 Å². The Kier molecular flexibility index (Phi) is 7.41. The van der Waals surface area contributed by atoms with E-state index < -0.39 is 0 Å². The number of aromatic nitrogens is 8. The van der Waals surface area contributed by atoms with E-state index in [0.717, 1.165) is 22.9 Å². The van der Waals surface area contributed by atoms with Crippen LogP contribution in [-0.2, 0) is 13.1 Å². The number of rotatable bonds is 10. The number of hydrogen-bond acceptors (Lipinski definition) is 11. The first-order chi connectivity index (χ1) is 13.9. The smallest absolute Gasteiger partial charge is 0.214 e. The van der Waals surface area contributed by atoms with E-state index in [0.29, 0.717) is 29.1 Å². The summed E-state index contributed by atoms with van der Waals surface area (Å²) in [6.07, 6.45) is 0. The van der Waals surface area contributed by atoms with Crippen LogP contribution in [0.2, 0.25) is 0 Å². The van der Waals surface area contributed by atoms with E-state index in [4.69, 9.17) is 5.73 Å². The zero-order chi connectivity index (χ0) is 20.8. The fourth-order valence-electron chi connectivity index (χ4n) is 2.31. The van der Waals surface area contributed by atoms with Gasteiger partial charge in [-0.1, -0.05) is 6.07 Å². The highest BCUT2D eigenvalue weighted by Crippen LogP contribution is 2.38. The second-order valence-corrected chi connectivity index (χ2v) is 8.87. The maximum absolute atomic E-state index is 6.45. The summed E-state index contributed by atoms with van der Waals surface area (Å²) in [6.45, 7) is 3.10. The second-order valence-electron chi connectivity index (χ2n) is 6.85. The van der Waals surface area contributed by atoms with Crippen molar-refractivity contribution in [2.24, 2.45) is 0 Å². The Bertz CT molecular complexity index is 851. The van der Waals surface area contributed by atoms with Gasteiger partial charge in [0.2, 0.25) is 10.3 Å². The zero-order valence-corrected chi connectivity index (χ0v) is 18.6. The first-order valence-corrected chi connectivity index (χ1v) is 10.6. The summed E-state index contributed by atoms with van der Waals surface area (Å²) in [4.78, 5) is 5.95. The molecule has 0 amide bonds. The van der Waals surface area contributed by atoms with Crippen molar-refractivity contribution >= 4 is 29.2 Å². The van der Waals surface area contributed by atoms with Crippen molar-refractivity contribution in [1.29, 1.82) is 0 Å². The molecule has 0 saturated carbocycles. The fourth-order valence-corrected chi connectivity index (χ4v) is 4.12. The molecule has 0 unspecified atom stereocenters. The molecule has 2 aromatic heterocycles. The van der Waals surface area contributed by atoms with Gasteiger partial charge in [-0.25, -0.2) is 9.36 Å². The number of anilines is 1. The predicted molar refractivity (Wildman–Crippen MR) is 112 cm³/mol. The van der Waals surface area contributed by atoms with E-state index in [1.54, 1.807) is 9.36 Å². The number of para-hydroxylation sites is 1. The van der Waals surface area contributed by atoms with Gasteiger partial charge in [-0.15, -0.1) is 10.2 Å². The summed E-state index contributed by atoms with van der Waals surface area (Å²) in [7, 11) is 8.06. The molecule has 2 heterocycles. The summed E-state index contributed by atoms with van der Waals surface area (Å²) < 4.78 is 3.57. The highest BCUT2D eigenvalue weighted by molar-refractivity contribution is 8.00. The third-order valence-electron chi connectivity index (χ3n) is 3.94. The SMILES string of the molecule is CN(C)CCn1nnnc1Sc1cccc(Sc2nnnn2CCN(C)C)c1N. The quantitative estimate of drug-likeness (QED) is 0.452. The maximum Gasteiger partial charge on any atom is 0.214 e. The van der Waals surface area contributed by atoms with Gasteiger partial charge in [-0.3, -0.25) is 0 Å². The van der Waals surface area contributed by atoms with Gasteiger partial charge in [-0.2, -0.15) is 0 Å². The molecule has 1 aromatic carbocycles. The van der Waals surface area contributed by atoms with Crippen LogP contribution in [0.1, 0.15) is 0 Å². The average molecular weight is 436 g/mol. The van der Waals surface area contributed by atoms with Crippen molar-refractivity contribution in [3.63, 3.8) is 0 Å². The molecule has 0 bridgehead atoms. The number of nitrogens with zero attached hydrogens (tertiary/aromatic N) is 10. The normalized spacial score (nSPS) is 11.7. The van der Waals surface area contributed by atoms with Crippen LogP contribution in [0.4, 0.5) is 5.69 Å². The summed E-state index contributed by atoms with van der Waals surface area (Å²) in [5.74, 6) is 0. The van der Waals surface area contributed by atoms with E-state index in [-0.39, 0.29) is 0 Å². The minimum atomic E-state index is 0.659. The fraction of sp³-hybridized carbons (Fsp3) is 0.500. The van der Waals surface area contributed by atoms with Gasteiger partial charge in [0.15, 0.2) is 0 Å². The number of nitrogen functional groups attached to an aromatic ring is 1. The molecule has 0 saturated heterocycles. The molecule has 2 N–H and O–H groups in total. The molecule has 0 aliphatic carbocycles. The molecule has 3 aromatic rings. The number of benzene rings is 1. The van der Waals surface area contributed by atoms with Crippen LogP contribution in [-0.4, -0.2) is 91.5 Å². The summed E-state index contributed by atoms with van der Waals surface area (Å²) in [5.41, 5.74) is 7.11. The van der Waals surface area contributed by atoms with Gasteiger partial charge >= 0.3 is 0 Å². The summed E-state index contributed by atoms with van der Waals surface area (Å²) in [6, 6.07) is 5.89. The van der Waals surface area contributed by atoms with E-state index in [9.17, 15) is 0 Å². The predicted octanol–water partition coefficient (Wildman–Crippen LogP) is 0.667. The van der Waals surface area contributed by atoms with Crippen LogP contribution in [0.15, 0.2) is 38.3 Å². The molecule has 0 aliphatic rings. The Morgan fingerprint density at radius 2 is 1.28 bits per heavy atom. The van der Waals surface area contributed by atoms with Gasteiger partial charge in [0.25, 0.3) is 0 Å². The number of hydrogen-bond donors (Lipinski definition) is 1. The Balaban J connectivity index is 1.74. The van der Waals surface area contributed by atoms with Crippen LogP contribution >= 0.6 is 23.5 Å². The van der Waals surface area contributed by atoms with Crippen molar-refractivity contribution in [3.8, 4) is 0 Å². The van der Waals surface area contributed by atoms with Crippen molar-refractivity contribution in [2.45, 2.75) is 33.2 Å². The Morgan fingerprint density at radius 3 is 1.69 bits per heavy atom. The van der Waals surface area contributed by atoms with Crippen molar-refractivity contribution in [3.05, 3.63) is 18.2 Å². The topological polar surface area (TPSA) is 120 Å². The van der Waals surface area contributed by atoms with Crippen LogP contribution < -0.4 is 5.73 Å². The average Bonchev–Trinajstić information content (AvgIpc) is 3.30. The van der Waals surface area contributed by atoms with E-state index in [2.05, 4.69) is 40.9 Å². The molecule has 0 atom stereocenters. The van der Waals surface area contributed by atoms with Crippen LogP contribution in [0.25, 0.3) is 0 Å². The minimum absolute atomic E-state index is 0.659. The zero-order valence-electron chi connectivity index (χ0n) is 16.9. The van der Waals surface area contributed by atoms with E-state index >= 15 is 0 Å². The minimum Gasteiger partial charge on any atom is -0.397 e. The van der Waals surface area contributed by atoms with Gasteiger partial charge in [0.05, 0.1) is 18.8 Å². The van der Waals surface area contributed by atoms with Crippen molar-refractivity contribution in [2.75, 3.05) is 47.0 Å². The maximum atomic E-state index is 6.45. The highest BCUT2D eigenvalue weighted by atomic mass is 32.2. The number of nitrogens with two attached hydrogens (primary N) is 1. The first-order valence-electron chi connectivity index (χ1n) is 9.00. The van der Waals surface area contributed by atoms with Gasteiger partial charge in [0, 0.05) is 22.9 Å². The third kappa shape index (κ3) is 5.88. The van der Waals surface area contributed by atoms with Gasteiger partial charge in [-0.05, 0) is 84.7 Å². The molecule has 0 aliphatic heterocycles. The van der Waals surface area contributed by atoms with Crippen LogP contribution in [0.5, 0.6) is 0 Å². The Hall–Kier alpha value is -2.22. The largest absolute Gasteiger partial charge is 0.397 e. The van der Waals surface area contributed by atoms with Gasteiger partial charge < -0.3 is 15.5 Å². The lowest BCUT2D eigenvalue weighted by Gasteiger charge is -2.12.